The molecule has 0 aliphatic heterocycles. The maximum Gasteiger partial charge on any atom is 0.309 e. The Kier molecular flexibility index (Phi) is 11.5. The highest BCUT2D eigenvalue weighted by molar-refractivity contribution is 5.80. The third-order valence-corrected chi connectivity index (χ3v) is 2.42. The van der Waals surface area contributed by atoms with Gasteiger partial charge in [-0.2, -0.15) is 5.26 Å². The van der Waals surface area contributed by atoms with E-state index in [-0.39, 0.29) is 29.7 Å². The molecule has 0 aromatic carbocycles. The number of hydrogen-bond acceptors (Lipinski definition) is 5. The molecular formula is C16H29NO4. The first-order valence-corrected chi connectivity index (χ1v) is 7.32. The molecule has 0 aromatic heterocycles. The van der Waals surface area contributed by atoms with Crippen LogP contribution in [0.4, 0.5) is 0 Å². The molecule has 0 N–H and O–H groups in total. The summed E-state index contributed by atoms with van der Waals surface area (Å²) in [6.07, 6.45) is 0.102. The van der Waals surface area contributed by atoms with Gasteiger partial charge >= 0.3 is 11.9 Å². The predicted molar refractivity (Wildman–Crippen MR) is 81.3 cm³/mol. The third kappa shape index (κ3) is 13.2. The summed E-state index contributed by atoms with van der Waals surface area (Å²) in [7, 11) is 0. The second kappa shape index (κ2) is 11.1. The van der Waals surface area contributed by atoms with E-state index in [2.05, 4.69) is 6.07 Å². The highest BCUT2D eigenvalue weighted by atomic mass is 16.5. The fourth-order valence-corrected chi connectivity index (χ4v) is 1.24. The molecule has 122 valence electrons. The quantitative estimate of drug-likeness (QED) is 0.703. The molecule has 0 spiro atoms. The summed E-state index contributed by atoms with van der Waals surface area (Å²) in [5.74, 6) is -0.984. The Morgan fingerprint density at radius 1 is 1.10 bits per heavy atom. The number of hydrogen-bond donors (Lipinski definition) is 0. The fraction of sp³-hybridized carbons (Fsp3) is 0.812. The summed E-state index contributed by atoms with van der Waals surface area (Å²) < 4.78 is 9.70. The van der Waals surface area contributed by atoms with Gasteiger partial charge in [-0.15, -0.1) is 0 Å². The fourth-order valence-electron chi connectivity index (χ4n) is 1.24. The standard InChI is InChI=1S/C11H20O4.C5H9N/c1-5-14-10(12)7-9(8(3)4)11(13)15-6-2;1-5(2,3)4-6/h8-9H,5-7H2,1-4H3;1-3H3. The van der Waals surface area contributed by atoms with Gasteiger partial charge in [-0.3, -0.25) is 9.59 Å². The van der Waals surface area contributed by atoms with E-state index in [0.717, 1.165) is 0 Å². The van der Waals surface area contributed by atoms with E-state index in [1.165, 1.54) is 0 Å². The molecule has 21 heavy (non-hydrogen) atoms. The van der Waals surface area contributed by atoms with Crippen molar-refractivity contribution in [2.75, 3.05) is 13.2 Å². The van der Waals surface area contributed by atoms with Gasteiger partial charge in [-0.1, -0.05) is 13.8 Å². The number of nitriles is 1. The molecule has 0 fully saturated rings. The SMILES string of the molecule is CC(C)(C)C#N.CCOC(=O)CC(C(=O)OCC)C(C)C. The number of carbonyl (C=O) groups excluding carboxylic acids is 2. The van der Waals surface area contributed by atoms with Crippen molar-refractivity contribution >= 4 is 11.9 Å². The number of esters is 2. The first-order valence-electron chi connectivity index (χ1n) is 7.32. The Hall–Kier alpha value is -1.57. The monoisotopic (exact) mass is 299 g/mol. The average molecular weight is 299 g/mol. The van der Waals surface area contributed by atoms with Gasteiger partial charge in [-0.05, 0) is 40.5 Å². The third-order valence-electron chi connectivity index (χ3n) is 2.42. The van der Waals surface area contributed by atoms with Gasteiger partial charge in [0.05, 0.1) is 31.6 Å². The van der Waals surface area contributed by atoms with E-state index in [1.54, 1.807) is 13.8 Å². The van der Waals surface area contributed by atoms with Gasteiger partial charge in [0.1, 0.15) is 0 Å². The second-order valence-corrected chi connectivity index (χ2v) is 5.97. The summed E-state index contributed by atoms with van der Waals surface area (Å²) in [4.78, 5) is 22.7. The van der Waals surface area contributed by atoms with Gasteiger partial charge in [0.15, 0.2) is 0 Å². The van der Waals surface area contributed by atoms with Crippen molar-refractivity contribution in [3.8, 4) is 6.07 Å². The van der Waals surface area contributed by atoms with Crippen LogP contribution in [-0.4, -0.2) is 25.2 Å². The molecule has 0 bridgehead atoms. The van der Waals surface area contributed by atoms with Crippen molar-refractivity contribution in [1.29, 1.82) is 5.26 Å². The van der Waals surface area contributed by atoms with Crippen LogP contribution < -0.4 is 0 Å². The van der Waals surface area contributed by atoms with Gasteiger partial charge in [0, 0.05) is 5.41 Å². The lowest BCUT2D eigenvalue weighted by Gasteiger charge is -2.17. The molecule has 1 atom stereocenters. The maximum absolute atomic E-state index is 11.5. The molecule has 0 heterocycles. The van der Waals surface area contributed by atoms with Crippen LogP contribution in [0.1, 0.15) is 54.9 Å². The number of carbonyl (C=O) groups is 2. The Morgan fingerprint density at radius 3 is 1.81 bits per heavy atom. The largest absolute Gasteiger partial charge is 0.466 e. The Bertz CT molecular complexity index is 350. The summed E-state index contributed by atoms with van der Waals surface area (Å²) in [5, 5.41) is 8.15. The van der Waals surface area contributed by atoms with Crippen molar-refractivity contribution in [3.05, 3.63) is 0 Å². The minimum absolute atomic E-state index is 0.0773. The molecule has 0 aliphatic carbocycles. The summed E-state index contributed by atoms with van der Waals surface area (Å²) in [6.45, 7) is 13.6. The zero-order valence-corrected chi connectivity index (χ0v) is 14.4. The molecule has 0 saturated heterocycles. The van der Waals surface area contributed by atoms with E-state index in [0.29, 0.717) is 13.2 Å². The zero-order valence-electron chi connectivity index (χ0n) is 14.4. The van der Waals surface area contributed by atoms with Crippen molar-refractivity contribution in [2.45, 2.75) is 54.9 Å². The number of nitrogens with zero attached hydrogens (tertiary/aromatic N) is 1. The van der Waals surface area contributed by atoms with Crippen molar-refractivity contribution in [1.82, 2.24) is 0 Å². The lowest BCUT2D eigenvalue weighted by molar-refractivity contribution is -0.156. The molecule has 0 radical (unpaired) electrons. The summed E-state index contributed by atoms with van der Waals surface area (Å²) in [6, 6.07) is 2.10. The number of ether oxygens (including phenoxy) is 2. The van der Waals surface area contributed by atoms with E-state index < -0.39 is 5.92 Å². The molecule has 0 amide bonds. The molecule has 0 aliphatic rings. The minimum atomic E-state index is -0.399. The lowest BCUT2D eigenvalue weighted by atomic mass is 9.93. The van der Waals surface area contributed by atoms with Gasteiger partial charge in [0.2, 0.25) is 0 Å². The molecule has 5 nitrogen and oxygen atoms in total. The van der Waals surface area contributed by atoms with E-state index in [1.807, 2.05) is 34.6 Å². The zero-order chi connectivity index (χ0) is 17.1. The summed E-state index contributed by atoms with van der Waals surface area (Å²) in [5.41, 5.74) is -0.153. The van der Waals surface area contributed by atoms with Crippen LogP contribution in [0.5, 0.6) is 0 Å². The molecule has 0 aromatic rings. The first-order chi connectivity index (χ1) is 9.58. The van der Waals surface area contributed by atoms with Crippen molar-refractivity contribution in [3.63, 3.8) is 0 Å². The lowest BCUT2D eigenvalue weighted by Crippen LogP contribution is -2.26. The predicted octanol–water partition coefficient (Wildman–Crippen LogP) is 3.33. The van der Waals surface area contributed by atoms with Gasteiger partial charge < -0.3 is 9.47 Å². The molecule has 5 heteroatoms. The highest BCUT2D eigenvalue weighted by Crippen LogP contribution is 2.17. The van der Waals surface area contributed by atoms with Crippen LogP contribution >= 0.6 is 0 Å². The highest BCUT2D eigenvalue weighted by Gasteiger charge is 2.26. The van der Waals surface area contributed by atoms with Crippen LogP contribution in [0, 0.1) is 28.6 Å². The van der Waals surface area contributed by atoms with Crippen LogP contribution in [0.15, 0.2) is 0 Å². The van der Waals surface area contributed by atoms with Crippen molar-refractivity contribution in [2.24, 2.45) is 17.3 Å². The van der Waals surface area contributed by atoms with E-state index in [9.17, 15) is 9.59 Å². The average Bonchev–Trinajstić information content (AvgIpc) is 2.36. The maximum atomic E-state index is 11.5. The Morgan fingerprint density at radius 2 is 1.52 bits per heavy atom. The topological polar surface area (TPSA) is 76.4 Å². The Labute approximate surface area is 128 Å². The molecule has 0 saturated carbocycles. The van der Waals surface area contributed by atoms with Gasteiger partial charge in [0.25, 0.3) is 0 Å². The van der Waals surface area contributed by atoms with Crippen LogP contribution in [0.2, 0.25) is 0 Å². The summed E-state index contributed by atoms with van der Waals surface area (Å²) >= 11 is 0. The minimum Gasteiger partial charge on any atom is -0.466 e. The van der Waals surface area contributed by atoms with Crippen molar-refractivity contribution < 1.29 is 19.1 Å². The van der Waals surface area contributed by atoms with Crippen LogP contribution in [0.25, 0.3) is 0 Å². The van der Waals surface area contributed by atoms with Crippen LogP contribution in [0.3, 0.4) is 0 Å². The Balaban J connectivity index is 0. The smallest absolute Gasteiger partial charge is 0.309 e. The van der Waals surface area contributed by atoms with Gasteiger partial charge in [-0.25, -0.2) is 0 Å². The number of rotatable bonds is 6. The normalized spacial score (nSPS) is 11.8. The molecule has 1 unspecified atom stereocenters. The molecule has 0 rings (SSSR count). The molecular weight excluding hydrogens is 270 g/mol. The van der Waals surface area contributed by atoms with E-state index >= 15 is 0 Å². The van der Waals surface area contributed by atoms with E-state index in [4.69, 9.17) is 14.7 Å². The second-order valence-electron chi connectivity index (χ2n) is 5.97. The van der Waals surface area contributed by atoms with Crippen LogP contribution in [-0.2, 0) is 19.1 Å². The first kappa shape index (κ1) is 21.7.